The predicted molar refractivity (Wildman–Crippen MR) is 76.0 cm³/mol. The van der Waals surface area contributed by atoms with Crippen molar-refractivity contribution >= 4 is 28.8 Å². The Morgan fingerprint density at radius 1 is 1.42 bits per heavy atom. The second kappa shape index (κ2) is 5.53. The lowest BCUT2D eigenvalue weighted by Gasteiger charge is -2.09. The van der Waals surface area contributed by atoms with Crippen LogP contribution in [0.3, 0.4) is 0 Å². The first-order valence-corrected chi connectivity index (χ1v) is 6.43. The molecule has 0 unspecified atom stereocenters. The second-order valence-corrected chi connectivity index (χ2v) is 4.89. The molecule has 4 N–H and O–H groups in total. The molecule has 2 aromatic rings. The van der Waals surface area contributed by atoms with Crippen molar-refractivity contribution < 1.29 is 10.0 Å². The fourth-order valence-corrected chi connectivity index (χ4v) is 2.18. The summed E-state index contributed by atoms with van der Waals surface area (Å²) < 4.78 is 0. The van der Waals surface area contributed by atoms with E-state index in [0.29, 0.717) is 16.1 Å². The van der Waals surface area contributed by atoms with Gasteiger partial charge in [0.1, 0.15) is 0 Å². The van der Waals surface area contributed by atoms with Crippen LogP contribution in [-0.4, -0.2) is 17.0 Å². The maximum atomic E-state index is 12.0. The van der Waals surface area contributed by atoms with Gasteiger partial charge in [-0.3, -0.25) is 4.79 Å². The van der Waals surface area contributed by atoms with Crippen LogP contribution in [-0.2, 0) is 0 Å². The number of nitrogens with zero attached hydrogens (tertiary/aromatic N) is 1. The second-order valence-electron chi connectivity index (χ2n) is 3.95. The van der Waals surface area contributed by atoms with Gasteiger partial charge in [-0.05, 0) is 30.0 Å². The molecule has 1 amide bonds. The summed E-state index contributed by atoms with van der Waals surface area (Å²) in [4.78, 5) is 12.6. The number of rotatable bonds is 3. The minimum Gasteiger partial charge on any atom is -0.409 e. The molecule has 0 radical (unpaired) electrons. The van der Waals surface area contributed by atoms with Crippen LogP contribution in [0, 0.1) is 6.92 Å². The monoisotopic (exact) mass is 275 g/mol. The van der Waals surface area contributed by atoms with Crippen LogP contribution >= 0.6 is 11.3 Å². The van der Waals surface area contributed by atoms with E-state index in [-0.39, 0.29) is 11.7 Å². The molecule has 0 fully saturated rings. The van der Waals surface area contributed by atoms with Crippen molar-refractivity contribution in [3.05, 3.63) is 51.7 Å². The predicted octanol–water partition coefficient (Wildman–Crippen LogP) is 2.40. The average molecular weight is 275 g/mol. The van der Waals surface area contributed by atoms with Crippen LogP contribution in [0.1, 0.15) is 20.8 Å². The van der Waals surface area contributed by atoms with Gasteiger partial charge in [-0.25, -0.2) is 0 Å². The molecule has 0 atom stereocenters. The lowest BCUT2D eigenvalue weighted by molar-refractivity contribution is 0.103. The van der Waals surface area contributed by atoms with Gasteiger partial charge in [0.15, 0.2) is 5.84 Å². The molecule has 98 valence electrons. The van der Waals surface area contributed by atoms with Crippen molar-refractivity contribution in [1.29, 1.82) is 0 Å². The third kappa shape index (κ3) is 2.92. The number of thiophene rings is 1. The van der Waals surface area contributed by atoms with Crippen LogP contribution in [0.5, 0.6) is 0 Å². The fourth-order valence-electron chi connectivity index (χ4n) is 1.57. The van der Waals surface area contributed by atoms with E-state index in [4.69, 9.17) is 10.9 Å². The SMILES string of the molecule is Cc1ccc(C(N)=NO)cc1NC(=O)c1cccs1. The Labute approximate surface area is 114 Å². The average Bonchev–Trinajstić information content (AvgIpc) is 2.94. The molecule has 0 aliphatic heterocycles. The molecule has 0 aliphatic carbocycles. The standard InChI is InChI=1S/C13H13N3O2S/c1-8-4-5-9(12(14)16-18)7-10(8)15-13(17)11-3-2-6-19-11/h2-7,18H,1H3,(H2,14,16)(H,15,17). The number of hydrogen-bond acceptors (Lipinski definition) is 4. The number of amidine groups is 1. The smallest absolute Gasteiger partial charge is 0.265 e. The molecular formula is C13H13N3O2S. The molecule has 5 nitrogen and oxygen atoms in total. The topological polar surface area (TPSA) is 87.7 Å². The first-order valence-electron chi connectivity index (χ1n) is 5.55. The lowest BCUT2D eigenvalue weighted by Crippen LogP contribution is -2.15. The van der Waals surface area contributed by atoms with E-state index in [0.717, 1.165) is 5.56 Å². The number of hydrogen-bond donors (Lipinski definition) is 3. The van der Waals surface area contributed by atoms with Crippen molar-refractivity contribution in [1.82, 2.24) is 0 Å². The van der Waals surface area contributed by atoms with Crippen molar-refractivity contribution in [3.8, 4) is 0 Å². The summed E-state index contributed by atoms with van der Waals surface area (Å²) in [5.41, 5.74) is 7.62. The number of carbonyl (C=O) groups is 1. The van der Waals surface area contributed by atoms with E-state index in [1.807, 2.05) is 18.4 Å². The first kappa shape index (κ1) is 13.1. The zero-order chi connectivity index (χ0) is 13.8. The van der Waals surface area contributed by atoms with Gasteiger partial charge in [-0.2, -0.15) is 0 Å². The first-order chi connectivity index (χ1) is 9.11. The Kier molecular flexibility index (Phi) is 3.82. The minimum atomic E-state index is -0.172. The number of anilines is 1. The number of benzene rings is 1. The minimum absolute atomic E-state index is 0.00613. The van der Waals surface area contributed by atoms with E-state index in [9.17, 15) is 4.79 Å². The molecule has 0 aliphatic rings. The van der Waals surface area contributed by atoms with E-state index < -0.39 is 0 Å². The van der Waals surface area contributed by atoms with Gasteiger partial charge in [0.2, 0.25) is 0 Å². The molecule has 2 rings (SSSR count). The number of carbonyl (C=O) groups excluding carboxylic acids is 1. The fraction of sp³-hybridized carbons (Fsp3) is 0.0769. The Hall–Kier alpha value is -2.34. The summed E-state index contributed by atoms with van der Waals surface area (Å²) in [5, 5.41) is 16.3. The molecule has 1 heterocycles. The number of nitrogens with two attached hydrogens (primary N) is 1. The highest BCUT2D eigenvalue weighted by Gasteiger charge is 2.10. The van der Waals surface area contributed by atoms with Crippen molar-refractivity contribution in [2.45, 2.75) is 6.92 Å². The highest BCUT2D eigenvalue weighted by molar-refractivity contribution is 7.12. The summed E-state index contributed by atoms with van der Waals surface area (Å²) in [6, 6.07) is 8.78. The van der Waals surface area contributed by atoms with Crippen LogP contribution in [0.15, 0.2) is 40.9 Å². The number of amides is 1. The summed E-state index contributed by atoms with van der Waals surface area (Å²) in [6.45, 7) is 1.88. The summed E-state index contributed by atoms with van der Waals surface area (Å²) in [7, 11) is 0. The molecule has 0 saturated carbocycles. The summed E-state index contributed by atoms with van der Waals surface area (Å²) >= 11 is 1.37. The van der Waals surface area contributed by atoms with E-state index in [1.165, 1.54) is 11.3 Å². The van der Waals surface area contributed by atoms with Gasteiger partial charge in [-0.1, -0.05) is 23.4 Å². The van der Waals surface area contributed by atoms with Gasteiger partial charge in [0.05, 0.1) is 4.88 Å². The highest BCUT2D eigenvalue weighted by Crippen LogP contribution is 2.19. The zero-order valence-corrected chi connectivity index (χ0v) is 11.1. The molecule has 1 aromatic heterocycles. The third-order valence-corrected chi connectivity index (χ3v) is 3.50. The van der Waals surface area contributed by atoms with Gasteiger partial charge >= 0.3 is 0 Å². The molecule has 0 spiro atoms. The quantitative estimate of drug-likeness (QED) is 0.348. The normalized spacial score (nSPS) is 11.3. The van der Waals surface area contributed by atoms with Crippen molar-refractivity contribution in [2.75, 3.05) is 5.32 Å². The van der Waals surface area contributed by atoms with Gasteiger partial charge < -0.3 is 16.3 Å². The summed E-state index contributed by atoms with van der Waals surface area (Å²) in [6.07, 6.45) is 0. The highest BCUT2D eigenvalue weighted by atomic mass is 32.1. The maximum absolute atomic E-state index is 12.0. The van der Waals surface area contributed by atoms with E-state index >= 15 is 0 Å². The molecule has 0 bridgehead atoms. The lowest BCUT2D eigenvalue weighted by atomic mass is 10.1. The van der Waals surface area contributed by atoms with Gasteiger partial charge in [0, 0.05) is 11.3 Å². The molecule has 6 heteroatoms. The van der Waals surface area contributed by atoms with Crippen LogP contribution < -0.4 is 11.1 Å². The van der Waals surface area contributed by atoms with E-state index in [2.05, 4.69) is 10.5 Å². The van der Waals surface area contributed by atoms with Crippen molar-refractivity contribution in [3.63, 3.8) is 0 Å². The third-order valence-electron chi connectivity index (χ3n) is 2.63. The Bertz CT molecular complexity index is 621. The number of nitrogens with one attached hydrogen (secondary N) is 1. The number of aryl methyl sites for hydroxylation is 1. The molecule has 1 aromatic carbocycles. The number of oxime groups is 1. The molecule has 0 saturated heterocycles. The van der Waals surface area contributed by atoms with Crippen molar-refractivity contribution in [2.24, 2.45) is 10.9 Å². The largest absolute Gasteiger partial charge is 0.409 e. The summed E-state index contributed by atoms with van der Waals surface area (Å²) in [5.74, 6) is -0.165. The Balaban J connectivity index is 2.27. The Morgan fingerprint density at radius 3 is 2.84 bits per heavy atom. The van der Waals surface area contributed by atoms with Gasteiger partial charge in [0.25, 0.3) is 5.91 Å². The zero-order valence-electron chi connectivity index (χ0n) is 10.3. The van der Waals surface area contributed by atoms with Gasteiger partial charge in [-0.15, -0.1) is 11.3 Å². The van der Waals surface area contributed by atoms with E-state index in [1.54, 1.807) is 24.3 Å². The molecular weight excluding hydrogens is 262 g/mol. The maximum Gasteiger partial charge on any atom is 0.265 e. The Morgan fingerprint density at radius 2 is 2.21 bits per heavy atom. The van der Waals surface area contributed by atoms with Crippen LogP contribution in [0.4, 0.5) is 5.69 Å². The van der Waals surface area contributed by atoms with Crippen LogP contribution in [0.2, 0.25) is 0 Å². The van der Waals surface area contributed by atoms with Crippen LogP contribution in [0.25, 0.3) is 0 Å². The molecule has 19 heavy (non-hydrogen) atoms.